The van der Waals surface area contributed by atoms with Crippen LogP contribution in [0.5, 0.6) is 0 Å². The molecule has 0 unspecified atom stereocenters. The van der Waals surface area contributed by atoms with Crippen molar-refractivity contribution in [3.63, 3.8) is 0 Å². The fourth-order valence-corrected chi connectivity index (χ4v) is 3.98. The summed E-state index contributed by atoms with van der Waals surface area (Å²) in [5, 5.41) is 2.86. The third-order valence-corrected chi connectivity index (χ3v) is 6.00. The van der Waals surface area contributed by atoms with Crippen molar-refractivity contribution in [3.8, 4) is 0 Å². The van der Waals surface area contributed by atoms with Crippen LogP contribution in [-0.2, 0) is 10.0 Å². The number of aryl methyl sites for hydroxylation is 2. The Balaban J connectivity index is 1.71. The second-order valence-electron chi connectivity index (χ2n) is 7.04. The van der Waals surface area contributed by atoms with Gasteiger partial charge in [0.15, 0.2) is 5.78 Å². The SMILES string of the molecule is CC(=O)c1ccc(S(=O)(=O)Nc2ccc(C(=O)Nc3ccc(C)cc3C)cc2)cc1. The molecule has 0 aliphatic carbocycles. The van der Waals surface area contributed by atoms with Crippen molar-refractivity contribution in [1.82, 2.24) is 0 Å². The monoisotopic (exact) mass is 422 g/mol. The first-order valence-electron chi connectivity index (χ1n) is 9.28. The number of hydrogen-bond acceptors (Lipinski definition) is 4. The number of ketones is 1. The molecule has 0 fully saturated rings. The van der Waals surface area contributed by atoms with Gasteiger partial charge in [-0.05, 0) is 68.8 Å². The summed E-state index contributed by atoms with van der Waals surface area (Å²) in [6.07, 6.45) is 0. The average molecular weight is 423 g/mol. The van der Waals surface area contributed by atoms with Gasteiger partial charge in [0.1, 0.15) is 0 Å². The van der Waals surface area contributed by atoms with E-state index in [1.54, 1.807) is 12.1 Å². The molecule has 6 nitrogen and oxygen atoms in total. The van der Waals surface area contributed by atoms with Gasteiger partial charge >= 0.3 is 0 Å². The molecule has 0 aliphatic rings. The van der Waals surface area contributed by atoms with Gasteiger partial charge in [-0.3, -0.25) is 14.3 Å². The summed E-state index contributed by atoms with van der Waals surface area (Å²) in [6.45, 7) is 5.32. The van der Waals surface area contributed by atoms with Crippen molar-refractivity contribution in [2.24, 2.45) is 0 Å². The van der Waals surface area contributed by atoms with Crippen molar-refractivity contribution < 1.29 is 18.0 Å². The van der Waals surface area contributed by atoms with Gasteiger partial charge in [-0.15, -0.1) is 0 Å². The van der Waals surface area contributed by atoms with Crippen LogP contribution in [0.2, 0.25) is 0 Å². The van der Waals surface area contributed by atoms with E-state index < -0.39 is 10.0 Å². The van der Waals surface area contributed by atoms with E-state index in [4.69, 9.17) is 0 Å². The van der Waals surface area contributed by atoms with Crippen molar-refractivity contribution in [3.05, 3.63) is 89.0 Å². The van der Waals surface area contributed by atoms with Crippen LogP contribution in [0.15, 0.2) is 71.6 Å². The molecule has 0 saturated carbocycles. The topological polar surface area (TPSA) is 92.3 Å². The quantitative estimate of drug-likeness (QED) is 0.570. The normalized spacial score (nSPS) is 11.0. The van der Waals surface area contributed by atoms with Crippen LogP contribution in [-0.4, -0.2) is 20.1 Å². The van der Waals surface area contributed by atoms with Gasteiger partial charge in [0.2, 0.25) is 0 Å². The first kappa shape index (κ1) is 21.3. The lowest BCUT2D eigenvalue weighted by molar-refractivity contribution is 0.101. The molecule has 3 aromatic rings. The third-order valence-electron chi connectivity index (χ3n) is 4.60. The predicted octanol–water partition coefficient (Wildman–Crippen LogP) is 4.56. The minimum absolute atomic E-state index is 0.0455. The van der Waals surface area contributed by atoms with Crippen molar-refractivity contribution in [2.45, 2.75) is 25.7 Å². The van der Waals surface area contributed by atoms with Gasteiger partial charge in [-0.1, -0.05) is 29.8 Å². The number of carbonyl (C=O) groups excluding carboxylic acids is 2. The Hall–Kier alpha value is -3.45. The van der Waals surface area contributed by atoms with Gasteiger partial charge < -0.3 is 5.32 Å². The molecule has 2 N–H and O–H groups in total. The zero-order valence-electron chi connectivity index (χ0n) is 16.9. The minimum atomic E-state index is -3.81. The highest BCUT2D eigenvalue weighted by atomic mass is 32.2. The van der Waals surface area contributed by atoms with E-state index in [9.17, 15) is 18.0 Å². The first-order valence-corrected chi connectivity index (χ1v) is 10.8. The highest BCUT2D eigenvalue weighted by Crippen LogP contribution is 2.20. The van der Waals surface area contributed by atoms with Crippen LogP contribution in [0.3, 0.4) is 0 Å². The third kappa shape index (κ3) is 4.93. The van der Waals surface area contributed by atoms with Crippen LogP contribution >= 0.6 is 0 Å². The Morgan fingerprint density at radius 1 is 0.800 bits per heavy atom. The lowest BCUT2D eigenvalue weighted by atomic mass is 10.1. The summed E-state index contributed by atoms with van der Waals surface area (Å²) in [4.78, 5) is 23.9. The molecule has 154 valence electrons. The zero-order chi connectivity index (χ0) is 21.9. The molecule has 30 heavy (non-hydrogen) atoms. The molecule has 0 heterocycles. The largest absolute Gasteiger partial charge is 0.322 e. The number of amides is 1. The van der Waals surface area contributed by atoms with Crippen molar-refractivity contribution in [1.29, 1.82) is 0 Å². The molecule has 0 spiro atoms. The van der Waals surface area contributed by atoms with E-state index in [0.29, 0.717) is 16.8 Å². The number of anilines is 2. The van der Waals surface area contributed by atoms with Crippen LogP contribution in [0.1, 0.15) is 38.8 Å². The van der Waals surface area contributed by atoms with E-state index in [-0.39, 0.29) is 16.6 Å². The zero-order valence-corrected chi connectivity index (χ0v) is 17.7. The van der Waals surface area contributed by atoms with E-state index in [0.717, 1.165) is 16.8 Å². The molecule has 0 bridgehead atoms. The first-order chi connectivity index (χ1) is 14.2. The molecule has 0 atom stereocenters. The van der Waals surface area contributed by atoms with Gasteiger partial charge in [0.05, 0.1) is 4.90 Å². The molecular weight excluding hydrogens is 400 g/mol. The van der Waals surface area contributed by atoms with Crippen LogP contribution in [0.4, 0.5) is 11.4 Å². The predicted molar refractivity (Wildman–Crippen MR) is 118 cm³/mol. The molecule has 7 heteroatoms. The highest BCUT2D eigenvalue weighted by molar-refractivity contribution is 7.92. The van der Waals surface area contributed by atoms with Crippen LogP contribution in [0.25, 0.3) is 0 Å². The Morgan fingerprint density at radius 3 is 1.97 bits per heavy atom. The van der Waals surface area contributed by atoms with Gasteiger partial charge in [0.25, 0.3) is 15.9 Å². The summed E-state index contributed by atoms with van der Waals surface area (Å²) in [6, 6.07) is 17.6. The summed E-state index contributed by atoms with van der Waals surface area (Å²) in [5.74, 6) is -0.419. The van der Waals surface area contributed by atoms with E-state index in [2.05, 4.69) is 10.0 Å². The Kier molecular flexibility index (Phi) is 6.03. The lowest BCUT2D eigenvalue weighted by Gasteiger charge is -2.11. The Labute approximate surface area is 176 Å². The number of nitrogens with one attached hydrogen (secondary N) is 2. The number of hydrogen-bond donors (Lipinski definition) is 2. The standard InChI is InChI=1S/C23H22N2O4S/c1-15-4-13-22(16(2)14-15)24-23(27)19-5-9-20(10-6-19)25-30(28,29)21-11-7-18(8-12-21)17(3)26/h4-14,25H,1-3H3,(H,24,27). The summed E-state index contributed by atoms with van der Waals surface area (Å²) >= 11 is 0. The molecule has 0 aliphatic heterocycles. The Bertz CT molecular complexity index is 1200. The number of sulfonamides is 1. The minimum Gasteiger partial charge on any atom is -0.322 e. The maximum Gasteiger partial charge on any atom is 0.261 e. The molecule has 0 aromatic heterocycles. The van der Waals surface area contributed by atoms with Crippen molar-refractivity contribution in [2.75, 3.05) is 10.0 Å². The van der Waals surface area contributed by atoms with E-state index in [1.807, 2.05) is 32.0 Å². The molecule has 3 rings (SSSR count). The molecule has 0 radical (unpaired) electrons. The van der Waals surface area contributed by atoms with Crippen LogP contribution in [0, 0.1) is 13.8 Å². The van der Waals surface area contributed by atoms with E-state index >= 15 is 0 Å². The maximum absolute atomic E-state index is 12.5. The fraction of sp³-hybridized carbons (Fsp3) is 0.130. The number of benzene rings is 3. The molecular formula is C23H22N2O4S. The maximum atomic E-state index is 12.5. The second kappa shape index (κ2) is 8.51. The number of carbonyl (C=O) groups is 2. The van der Waals surface area contributed by atoms with Gasteiger partial charge in [0, 0.05) is 22.5 Å². The lowest BCUT2D eigenvalue weighted by Crippen LogP contribution is -2.14. The highest BCUT2D eigenvalue weighted by Gasteiger charge is 2.15. The average Bonchev–Trinajstić information content (AvgIpc) is 2.70. The summed E-state index contributed by atoms with van der Waals surface area (Å²) in [5.41, 5.74) is 3.97. The molecule has 1 amide bonds. The summed E-state index contributed by atoms with van der Waals surface area (Å²) < 4.78 is 27.5. The molecule has 3 aromatic carbocycles. The fourth-order valence-electron chi connectivity index (χ4n) is 2.92. The van der Waals surface area contributed by atoms with Gasteiger partial charge in [-0.2, -0.15) is 0 Å². The number of Topliss-reactive ketones (excluding diaryl/α,β-unsaturated/α-hetero) is 1. The number of rotatable bonds is 6. The Morgan fingerprint density at radius 2 is 1.40 bits per heavy atom. The van der Waals surface area contributed by atoms with E-state index in [1.165, 1.54) is 43.3 Å². The second-order valence-corrected chi connectivity index (χ2v) is 8.72. The summed E-state index contributed by atoms with van der Waals surface area (Å²) in [7, 11) is -3.81. The molecule has 0 saturated heterocycles. The van der Waals surface area contributed by atoms with Gasteiger partial charge in [-0.25, -0.2) is 8.42 Å². The van der Waals surface area contributed by atoms with Crippen molar-refractivity contribution >= 4 is 33.1 Å². The van der Waals surface area contributed by atoms with Crippen LogP contribution < -0.4 is 10.0 Å². The smallest absolute Gasteiger partial charge is 0.261 e.